The standard InChI is InChI=1S/C32H40Cl2N4O4/c1-41-26-8-4-7-25(20-26)38-22-35-30(40)31(38)11-14-36(15-12-31)17-18-42-32(24-9-10-27(33)28(34)19-24)13-16-37(21-32)29(39)23-5-2-3-6-23/h4,7-10,19-20,23H,2-3,5-6,11-18,21-22H2,1H3,(H,35,40). The van der Waals surface area contributed by atoms with Crippen LogP contribution in [0, 0.1) is 5.92 Å². The smallest absolute Gasteiger partial charge is 0.247 e. The molecule has 1 atom stereocenters. The predicted molar refractivity (Wildman–Crippen MR) is 164 cm³/mol. The Morgan fingerprint density at radius 1 is 1.02 bits per heavy atom. The minimum atomic E-state index is -0.617. The van der Waals surface area contributed by atoms with Crippen LogP contribution in [0.15, 0.2) is 42.5 Å². The van der Waals surface area contributed by atoms with E-state index in [1.165, 1.54) is 0 Å². The minimum absolute atomic E-state index is 0.0952. The van der Waals surface area contributed by atoms with Gasteiger partial charge in [-0.05, 0) is 61.9 Å². The topological polar surface area (TPSA) is 74.4 Å². The van der Waals surface area contributed by atoms with Gasteiger partial charge in [-0.3, -0.25) is 9.59 Å². The van der Waals surface area contributed by atoms with E-state index >= 15 is 0 Å². The van der Waals surface area contributed by atoms with Gasteiger partial charge in [0.15, 0.2) is 0 Å². The molecule has 6 rings (SSSR count). The van der Waals surface area contributed by atoms with E-state index in [0.29, 0.717) is 36.4 Å². The van der Waals surface area contributed by atoms with Gasteiger partial charge in [0.05, 0.1) is 37.0 Å². The van der Waals surface area contributed by atoms with Crippen LogP contribution in [0.2, 0.25) is 10.0 Å². The van der Waals surface area contributed by atoms with Crippen LogP contribution < -0.4 is 15.0 Å². The summed E-state index contributed by atoms with van der Waals surface area (Å²) >= 11 is 12.7. The zero-order valence-electron chi connectivity index (χ0n) is 24.2. The van der Waals surface area contributed by atoms with E-state index in [0.717, 1.165) is 81.6 Å². The van der Waals surface area contributed by atoms with Crippen LogP contribution in [0.3, 0.4) is 0 Å². The molecule has 1 unspecified atom stereocenters. The first-order chi connectivity index (χ1) is 20.3. The first kappa shape index (κ1) is 29.5. The molecule has 8 nitrogen and oxygen atoms in total. The maximum atomic E-state index is 13.3. The van der Waals surface area contributed by atoms with Crippen molar-refractivity contribution in [2.75, 3.05) is 58.0 Å². The first-order valence-corrected chi connectivity index (χ1v) is 15.9. The summed E-state index contributed by atoms with van der Waals surface area (Å²) in [6.07, 6.45) is 6.43. The Labute approximate surface area is 258 Å². The van der Waals surface area contributed by atoms with Crippen molar-refractivity contribution in [2.45, 2.75) is 56.1 Å². The third-order valence-electron chi connectivity index (χ3n) is 9.86. The fourth-order valence-electron chi connectivity index (χ4n) is 7.34. The number of nitrogens with zero attached hydrogens (tertiary/aromatic N) is 3. The Kier molecular flexibility index (Phi) is 8.60. The molecule has 1 aliphatic carbocycles. The number of ether oxygens (including phenoxy) is 2. The lowest BCUT2D eigenvalue weighted by molar-refractivity contribution is -0.136. The number of halogens is 2. The Bertz CT molecular complexity index is 1310. The predicted octanol–water partition coefficient (Wildman–Crippen LogP) is 5.06. The molecule has 0 radical (unpaired) electrons. The van der Waals surface area contributed by atoms with Crippen molar-refractivity contribution in [3.63, 3.8) is 0 Å². The van der Waals surface area contributed by atoms with E-state index in [9.17, 15) is 9.59 Å². The summed E-state index contributed by atoms with van der Waals surface area (Å²) in [4.78, 5) is 33.0. The number of piperidine rings is 1. The number of methoxy groups -OCH3 is 1. The maximum absolute atomic E-state index is 13.3. The summed E-state index contributed by atoms with van der Waals surface area (Å²) in [5, 5.41) is 4.08. The van der Waals surface area contributed by atoms with E-state index in [2.05, 4.69) is 15.1 Å². The Morgan fingerprint density at radius 3 is 2.55 bits per heavy atom. The molecular formula is C32H40Cl2N4O4. The highest BCUT2D eigenvalue weighted by molar-refractivity contribution is 6.42. The highest BCUT2D eigenvalue weighted by atomic mass is 35.5. The van der Waals surface area contributed by atoms with Crippen LogP contribution in [-0.4, -0.2) is 80.3 Å². The van der Waals surface area contributed by atoms with Gasteiger partial charge in [0.1, 0.15) is 16.9 Å². The van der Waals surface area contributed by atoms with Gasteiger partial charge in [-0.2, -0.15) is 0 Å². The van der Waals surface area contributed by atoms with Crippen LogP contribution >= 0.6 is 23.2 Å². The van der Waals surface area contributed by atoms with E-state index in [1.54, 1.807) is 7.11 Å². The summed E-state index contributed by atoms with van der Waals surface area (Å²) in [5.41, 5.74) is 0.782. The third kappa shape index (κ3) is 5.59. The van der Waals surface area contributed by atoms with Crippen molar-refractivity contribution in [2.24, 2.45) is 5.92 Å². The number of likely N-dealkylation sites (tertiary alicyclic amines) is 2. The zero-order valence-corrected chi connectivity index (χ0v) is 25.8. The van der Waals surface area contributed by atoms with Gasteiger partial charge >= 0.3 is 0 Å². The van der Waals surface area contributed by atoms with Crippen molar-refractivity contribution < 1.29 is 19.1 Å². The number of anilines is 1. The number of carbonyl (C=O) groups is 2. The van der Waals surface area contributed by atoms with Crippen molar-refractivity contribution in [3.05, 3.63) is 58.1 Å². The van der Waals surface area contributed by atoms with Gasteiger partial charge in [-0.15, -0.1) is 0 Å². The van der Waals surface area contributed by atoms with Gasteiger partial charge in [-0.1, -0.05) is 48.2 Å². The maximum Gasteiger partial charge on any atom is 0.247 e. The number of benzene rings is 2. The van der Waals surface area contributed by atoms with E-state index in [4.69, 9.17) is 32.7 Å². The van der Waals surface area contributed by atoms with Gasteiger partial charge in [0.25, 0.3) is 0 Å². The number of hydrogen-bond acceptors (Lipinski definition) is 6. The normalized spacial score (nSPS) is 24.5. The Hall–Kier alpha value is -2.52. The van der Waals surface area contributed by atoms with Crippen LogP contribution in [0.1, 0.15) is 50.5 Å². The molecule has 2 aromatic rings. The molecule has 0 aromatic heterocycles. The summed E-state index contributed by atoms with van der Waals surface area (Å²) in [7, 11) is 1.66. The molecule has 10 heteroatoms. The summed E-state index contributed by atoms with van der Waals surface area (Å²) < 4.78 is 12.2. The van der Waals surface area contributed by atoms with Gasteiger partial charge in [0.2, 0.25) is 11.8 Å². The largest absolute Gasteiger partial charge is 0.497 e. The second-order valence-electron chi connectivity index (χ2n) is 12.1. The van der Waals surface area contributed by atoms with E-state index in [-0.39, 0.29) is 17.7 Å². The monoisotopic (exact) mass is 614 g/mol. The van der Waals surface area contributed by atoms with Crippen molar-refractivity contribution in [1.29, 1.82) is 0 Å². The quantitative estimate of drug-likeness (QED) is 0.448. The molecule has 1 saturated carbocycles. The van der Waals surface area contributed by atoms with E-state index < -0.39 is 11.1 Å². The average molecular weight is 616 g/mol. The van der Waals surface area contributed by atoms with Gasteiger partial charge < -0.3 is 29.5 Å². The fourth-order valence-corrected chi connectivity index (χ4v) is 7.64. The molecule has 1 N–H and O–H groups in total. The molecule has 4 aliphatic rings. The lowest BCUT2D eigenvalue weighted by Crippen LogP contribution is -2.56. The lowest BCUT2D eigenvalue weighted by Gasteiger charge is -2.43. The number of rotatable bonds is 8. The van der Waals surface area contributed by atoms with Crippen molar-refractivity contribution in [3.8, 4) is 5.75 Å². The summed E-state index contributed by atoms with van der Waals surface area (Å²) in [5.74, 6) is 1.27. The highest BCUT2D eigenvalue weighted by Gasteiger charge is 2.50. The van der Waals surface area contributed by atoms with Crippen LogP contribution in [0.4, 0.5) is 5.69 Å². The number of amides is 2. The van der Waals surface area contributed by atoms with E-state index in [1.807, 2.05) is 47.4 Å². The molecule has 3 saturated heterocycles. The molecule has 1 spiro atoms. The minimum Gasteiger partial charge on any atom is -0.497 e. The molecule has 4 fully saturated rings. The van der Waals surface area contributed by atoms with Crippen molar-refractivity contribution >= 4 is 40.7 Å². The molecule has 2 amide bonds. The van der Waals surface area contributed by atoms with Crippen LogP contribution in [-0.2, 0) is 19.9 Å². The van der Waals surface area contributed by atoms with Gasteiger partial charge in [0, 0.05) is 43.9 Å². The second-order valence-corrected chi connectivity index (χ2v) is 12.9. The fraction of sp³-hybridized carbons (Fsp3) is 0.562. The molecule has 3 aliphatic heterocycles. The lowest BCUT2D eigenvalue weighted by atomic mass is 9.85. The molecule has 2 aromatic carbocycles. The van der Waals surface area contributed by atoms with Crippen LogP contribution in [0.5, 0.6) is 5.75 Å². The van der Waals surface area contributed by atoms with Crippen molar-refractivity contribution in [1.82, 2.24) is 15.1 Å². The zero-order chi connectivity index (χ0) is 29.3. The SMILES string of the molecule is COc1cccc(N2CNC(=O)C23CCN(CCOC2(c4ccc(Cl)c(Cl)c4)CCN(C(=O)C4CCCC4)C2)CC3)c1. The molecule has 3 heterocycles. The number of nitrogens with one attached hydrogen (secondary N) is 1. The second kappa shape index (κ2) is 12.2. The number of hydrogen-bond donors (Lipinski definition) is 1. The summed E-state index contributed by atoms with van der Waals surface area (Å²) in [6.45, 7) is 4.56. The molecule has 42 heavy (non-hydrogen) atoms. The Morgan fingerprint density at radius 2 is 1.81 bits per heavy atom. The average Bonchev–Trinajstić information content (AvgIpc) is 3.76. The molecule has 0 bridgehead atoms. The summed E-state index contributed by atoms with van der Waals surface area (Å²) in [6, 6.07) is 13.6. The highest BCUT2D eigenvalue weighted by Crippen LogP contribution is 2.41. The van der Waals surface area contributed by atoms with Gasteiger partial charge in [-0.25, -0.2) is 0 Å². The number of carbonyl (C=O) groups excluding carboxylic acids is 2. The Balaban J connectivity index is 1.11. The first-order valence-electron chi connectivity index (χ1n) is 15.1. The third-order valence-corrected chi connectivity index (χ3v) is 10.6. The molecular weight excluding hydrogens is 575 g/mol. The molecule has 226 valence electrons. The van der Waals surface area contributed by atoms with Crippen LogP contribution in [0.25, 0.3) is 0 Å².